The molecule has 0 saturated heterocycles. The zero-order chi connectivity index (χ0) is 11.5. The van der Waals surface area contributed by atoms with Gasteiger partial charge < -0.3 is 10.0 Å². The van der Waals surface area contributed by atoms with E-state index in [0.29, 0.717) is 5.56 Å². The maximum atomic E-state index is 11.9. The highest BCUT2D eigenvalue weighted by atomic mass is 16.3. The van der Waals surface area contributed by atoms with Crippen LogP contribution in [0, 0.1) is 0 Å². The molecule has 1 aromatic rings. The topological polar surface area (TPSA) is 66.3 Å². The van der Waals surface area contributed by atoms with Crippen LogP contribution in [0.1, 0.15) is 24.2 Å². The standard InChI is InChI=1S/C10H15N3O2/c1-10(2,7-14)13(3)9(15)8-4-5-11-12-6-8/h4-6,14H,7H2,1-3H3. The lowest BCUT2D eigenvalue weighted by molar-refractivity contribution is 0.0472. The van der Waals surface area contributed by atoms with Crippen LogP contribution in [-0.4, -0.2) is 45.3 Å². The lowest BCUT2D eigenvalue weighted by atomic mass is 10.0. The predicted octanol–water partition coefficient (Wildman–Crippen LogP) is 0.320. The minimum absolute atomic E-state index is 0.0895. The van der Waals surface area contributed by atoms with Gasteiger partial charge in [-0.1, -0.05) is 0 Å². The Morgan fingerprint density at radius 1 is 1.53 bits per heavy atom. The first-order valence-electron chi connectivity index (χ1n) is 4.65. The van der Waals surface area contributed by atoms with E-state index in [1.54, 1.807) is 27.0 Å². The van der Waals surface area contributed by atoms with E-state index >= 15 is 0 Å². The average molecular weight is 209 g/mol. The van der Waals surface area contributed by atoms with Crippen molar-refractivity contribution < 1.29 is 9.90 Å². The molecule has 0 saturated carbocycles. The molecule has 0 aromatic carbocycles. The monoisotopic (exact) mass is 209 g/mol. The maximum Gasteiger partial charge on any atom is 0.255 e. The summed E-state index contributed by atoms with van der Waals surface area (Å²) in [5.74, 6) is -0.177. The largest absolute Gasteiger partial charge is 0.394 e. The third-order valence-corrected chi connectivity index (χ3v) is 2.43. The van der Waals surface area contributed by atoms with Gasteiger partial charge in [0.1, 0.15) is 0 Å². The average Bonchev–Trinajstić information content (AvgIpc) is 2.28. The first-order chi connectivity index (χ1) is 6.99. The number of likely N-dealkylation sites (N-methyl/N-ethyl adjacent to an activating group) is 1. The van der Waals surface area contributed by atoms with Crippen molar-refractivity contribution in [2.24, 2.45) is 0 Å². The molecule has 5 nitrogen and oxygen atoms in total. The molecule has 1 heterocycles. The summed E-state index contributed by atoms with van der Waals surface area (Å²) in [6.45, 7) is 3.49. The molecule has 5 heteroatoms. The molecular formula is C10H15N3O2. The first kappa shape index (κ1) is 11.6. The van der Waals surface area contributed by atoms with Crippen LogP contribution in [0.3, 0.4) is 0 Å². The zero-order valence-electron chi connectivity index (χ0n) is 9.14. The smallest absolute Gasteiger partial charge is 0.255 e. The van der Waals surface area contributed by atoms with E-state index in [9.17, 15) is 4.79 Å². The molecule has 1 rings (SSSR count). The number of carbonyl (C=O) groups is 1. The molecule has 82 valence electrons. The molecule has 0 atom stereocenters. The van der Waals surface area contributed by atoms with E-state index in [-0.39, 0.29) is 12.5 Å². The minimum Gasteiger partial charge on any atom is -0.394 e. The lowest BCUT2D eigenvalue weighted by Gasteiger charge is -2.33. The Kier molecular flexibility index (Phi) is 3.36. The molecule has 0 aliphatic rings. The summed E-state index contributed by atoms with van der Waals surface area (Å²) >= 11 is 0. The van der Waals surface area contributed by atoms with Gasteiger partial charge in [-0.25, -0.2) is 0 Å². The molecule has 0 aliphatic carbocycles. The van der Waals surface area contributed by atoms with Gasteiger partial charge in [0.25, 0.3) is 5.91 Å². The highest BCUT2D eigenvalue weighted by Crippen LogP contribution is 2.14. The number of hydrogen-bond acceptors (Lipinski definition) is 4. The van der Waals surface area contributed by atoms with Crippen molar-refractivity contribution in [1.82, 2.24) is 15.1 Å². The van der Waals surface area contributed by atoms with Crippen LogP contribution in [0.2, 0.25) is 0 Å². The summed E-state index contributed by atoms with van der Waals surface area (Å²) in [5, 5.41) is 16.4. The number of aliphatic hydroxyl groups is 1. The fourth-order valence-corrected chi connectivity index (χ4v) is 0.992. The minimum atomic E-state index is -0.583. The second-order valence-electron chi connectivity index (χ2n) is 3.97. The van der Waals surface area contributed by atoms with E-state index in [4.69, 9.17) is 5.11 Å². The van der Waals surface area contributed by atoms with Crippen molar-refractivity contribution in [2.45, 2.75) is 19.4 Å². The fraction of sp³-hybridized carbons (Fsp3) is 0.500. The number of nitrogens with zero attached hydrogens (tertiary/aromatic N) is 3. The Morgan fingerprint density at radius 3 is 2.67 bits per heavy atom. The number of amides is 1. The third kappa shape index (κ3) is 2.50. The summed E-state index contributed by atoms with van der Waals surface area (Å²) in [6, 6.07) is 1.60. The van der Waals surface area contributed by atoms with Gasteiger partial charge in [0.2, 0.25) is 0 Å². The Labute approximate surface area is 88.7 Å². The van der Waals surface area contributed by atoms with Crippen LogP contribution in [-0.2, 0) is 0 Å². The van der Waals surface area contributed by atoms with E-state index in [1.165, 1.54) is 17.3 Å². The van der Waals surface area contributed by atoms with Crippen LogP contribution < -0.4 is 0 Å². The molecule has 0 bridgehead atoms. The summed E-state index contributed by atoms with van der Waals surface area (Å²) in [4.78, 5) is 13.4. The molecule has 0 unspecified atom stereocenters. The first-order valence-corrected chi connectivity index (χ1v) is 4.65. The Balaban J connectivity index is 2.87. The van der Waals surface area contributed by atoms with Gasteiger partial charge in [-0.2, -0.15) is 10.2 Å². The van der Waals surface area contributed by atoms with Crippen molar-refractivity contribution in [3.63, 3.8) is 0 Å². The molecule has 1 amide bonds. The van der Waals surface area contributed by atoms with Crippen LogP contribution in [0.25, 0.3) is 0 Å². The van der Waals surface area contributed by atoms with Crippen molar-refractivity contribution in [1.29, 1.82) is 0 Å². The SMILES string of the molecule is CN(C(=O)c1ccnnc1)C(C)(C)CO. The van der Waals surface area contributed by atoms with E-state index in [2.05, 4.69) is 10.2 Å². The molecule has 0 aliphatic heterocycles. The highest BCUT2D eigenvalue weighted by molar-refractivity contribution is 5.94. The van der Waals surface area contributed by atoms with Gasteiger partial charge in [0, 0.05) is 7.05 Å². The van der Waals surface area contributed by atoms with Crippen molar-refractivity contribution in [3.8, 4) is 0 Å². The summed E-state index contributed by atoms with van der Waals surface area (Å²) in [7, 11) is 1.65. The number of rotatable bonds is 3. The normalized spacial score (nSPS) is 11.2. The highest BCUT2D eigenvalue weighted by Gasteiger charge is 2.27. The Bertz CT molecular complexity index is 338. The zero-order valence-corrected chi connectivity index (χ0v) is 9.14. The predicted molar refractivity (Wildman–Crippen MR) is 55.3 cm³/mol. The van der Waals surface area contributed by atoms with Crippen molar-refractivity contribution >= 4 is 5.91 Å². The summed E-state index contributed by atoms with van der Waals surface area (Å²) in [5.41, 5.74) is -0.116. The fourth-order valence-electron chi connectivity index (χ4n) is 0.992. The molecule has 1 aromatic heterocycles. The van der Waals surface area contributed by atoms with Crippen LogP contribution in [0.5, 0.6) is 0 Å². The third-order valence-electron chi connectivity index (χ3n) is 2.43. The van der Waals surface area contributed by atoms with Crippen molar-refractivity contribution in [3.05, 3.63) is 24.0 Å². The Hall–Kier alpha value is -1.49. The van der Waals surface area contributed by atoms with E-state index in [0.717, 1.165) is 0 Å². The number of carbonyl (C=O) groups excluding carboxylic acids is 1. The van der Waals surface area contributed by atoms with Crippen LogP contribution in [0.15, 0.2) is 18.5 Å². The van der Waals surface area contributed by atoms with E-state index in [1.807, 2.05) is 0 Å². The second-order valence-corrected chi connectivity index (χ2v) is 3.97. The molecule has 15 heavy (non-hydrogen) atoms. The molecule has 0 radical (unpaired) electrons. The van der Waals surface area contributed by atoms with Gasteiger partial charge in [-0.05, 0) is 19.9 Å². The number of hydrogen-bond donors (Lipinski definition) is 1. The van der Waals surface area contributed by atoms with Gasteiger partial charge >= 0.3 is 0 Å². The second kappa shape index (κ2) is 4.35. The van der Waals surface area contributed by atoms with Crippen molar-refractivity contribution in [2.75, 3.05) is 13.7 Å². The summed E-state index contributed by atoms with van der Waals surface area (Å²) < 4.78 is 0. The number of aliphatic hydroxyl groups excluding tert-OH is 1. The molecular weight excluding hydrogens is 194 g/mol. The molecule has 0 spiro atoms. The van der Waals surface area contributed by atoms with Gasteiger partial charge in [0.05, 0.1) is 30.1 Å². The van der Waals surface area contributed by atoms with Gasteiger partial charge in [-0.3, -0.25) is 4.79 Å². The lowest BCUT2D eigenvalue weighted by Crippen LogP contribution is -2.47. The Morgan fingerprint density at radius 2 is 2.20 bits per heavy atom. The quantitative estimate of drug-likeness (QED) is 0.778. The van der Waals surface area contributed by atoms with Gasteiger partial charge in [-0.15, -0.1) is 0 Å². The maximum absolute atomic E-state index is 11.9. The van der Waals surface area contributed by atoms with Gasteiger partial charge in [0.15, 0.2) is 0 Å². The molecule has 0 fully saturated rings. The van der Waals surface area contributed by atoms with Crippen LogP contribution in [0.4, 0.5) is 0 Å². The summed E-state index contributed by atoms with van der Waals surface area (Å²) in [6.07, 6.45) is 2.87. The van der Waals surface area contributed by atoms with E-state index < -0.39 is 5.54 Å². The number of aromatic nitrogens is 2. The molecule has 1 N–H and O–H groups in total. The van der Waals surface area contributed by atoms with Crippen LogP contribution >= 0.6 is 0 Å².